The lowest BCUT2D eigenvalue weighted by Crippen LogP contribution is -2.42. The Morgan fingerprint density at radius 2 is 1.88 bits per heavy atom. The molecule has 1 fully saturated rings. The van der Waals surface area contributed by atoms with Gasteiger partial charge in [0.2, 0.25) is 11.8 Å². The molecule has 33 heavy (non-hydrogen) atoms. The Bertz CT molecular complexity index is 917. The van der Waals surface area contributed by atoms with Gasteiger partial charge in [0.05, 0.1) is 0 Å². The van der Waals surface area contributed by atoms with Crippen molar-refractivity contribution in [2.45, 2.75) is 57.9 Å². The molecule has 1 atom stereocenters. The fourth-order valence-electron chi connectivity index (χ4n) is 4.66. The van der Waals surface area contributed by atoms with E-state index >= 15 is 0 Å². The van der Waals surface area contributed by atoms with Crippen LogP contribution >= 0.6 is 0 Å². The van der Waals surface area contributed by atoms with E-state index in [2.05, 4.69) is 64.6 Å². The molecule has 7 nitrogen and oxygen atoms in total. The zero-order valence-electron chi connectivity index (χ0n) is 20.4. The monoisotopic (exact) mass is 451 g/mol. The van der Waals surface area contributed by atoms with Crippen LogP contribution in [0.4, 0.5) is 5.82 Å². The first-order valence-corrected chi connectivity index (χ1v) is 11.8. The van der Waals surface area contributed by atoms with Crippen LogP contribution in [0.2, 0.25) is 0 Å². The molecule has 0 spiro atoms. The van der Waals surface area contributed by atoms with Crippen molar-refractivity contribution in [1.82, 2.24) is 19.8 Å². The Morgan fingerprint density at radius 1 is 1.15 bits per heavy atom. The van der Waals surface area contributed by atoms with Crippen LogP contribution in [0, 0.1) is 5.41 Å². The highest BCUT2D eigenvalue weighted by molar-refractivity contribution is 5.94. The number of hydrogen-bond acceptors (Lipinski definition) is 5. The van der Waals surface area contributed by atoms with Crippen molar-refractivity contribution in [1.29, 1.82) is 0 Å². The van der Waals surface area contributed by atoms with E-state index < -0.39 is 5.41 Å². The molecule has 1 aromatic carbocycles. The maximum Gasteiger partial charge on any atom is 0.231 e. The Balaban J connectivity index is 1.64. The van der Waals surface area contributed by atoms with Gasteiger partial charge in [0.15, 0.2) is 0 Å². The molecule has 1 aromatic heterocycles. The van der Waals surface area contributed by atoms with Gasteiger partial charge in [-0.05, 0) is 57.8 Å². The minimum absolute atomic E-state index is 0.0613. The van der Waals surface area contributed by atoms with Crippen molar-refractivity contribution >= 4 is 17.6 Å². The zero-order chi connectivity index (χ0) is 23.9. The molecule has 0 unspecified atom stereocenters. The van der Waals surface area contributed by atoms with Crippen molar-refractivity contribution < 1.29 is 9.59 Å². The van der Waals surface area contributed by atoms with E-state index in [1.807, 2.05) is 18.7 Å². The van der Waals surface area contributed by atoms with E-state index in [4.69, 9.17) is 0 Å². The van der Waals surface area contributed by atoms with Crippen LogP contribution in [0.15, 0.2) is 48.9 Å². The third-order valence-electron chi connectivity index (χ3n) is 6.96. The van der Waals surface area contributed by atoms with Gasteiger partial charge in [0, 0.05) is 36.7 Å². The molecule has 2 heterocycles. The molecule has 0 bridgehead atoms. The van der Waals surface area contributed by atoms with Crippen molar-refractivity contribution in [3.63, 3.8) is 0 Å². The fourth-order valence-corrected chi connectivity index (χ4v) is 4.66. The lowest BCUT2D eigenvalue weighted by Gasteiger charge is -2.41. The third kappa shape index (κ3) is 6.16. The average molecular weight is 452 g/mol. The number of nitrogens with one attached hydrogen (secondary N) is 1. The maximum absolute atomic E-state index is 13.0. The van der Waals surface area contributed by atoms with E-state index in [9.17, 15) is 9.59 Å². The van der Waals surface area contributed by atoms with Crippen LogP contribution in [-0.4, -0.2) is 58.8 Å². The van der Waals surface area contributed by atoms with E-state index in [0.717, 1.165) is 25.7 Å². The summed E-state index contributed by atoms with van der Waals surface area (Å²) in [4.78, 5) is 38.0. The first-order chi connectivity index (χ1) is 15.7. The second-order valence-corrected chi connectivity index (χ2v) is 9.81. The molecule has 2 amide bonds. The van der Waals surface area contributed by atoms with E-state index in [1.165, 1.54) is 11.9 Å². The second-order valence-electron chi connectivity index (χ2n) is 9.81. The molecule has 0 radical (unpaired) electrons. The van der Waals surface area contributed by atoms with Gasteiger partial charge in [-0.15, -0.1) is 0 Å². The number of rotatable bonds is 7. The summed E-state index contributed by atoms with van der Waals surface area (Å²) in [5.74, 6) is 0.570. The molecule has 2 aromatic rings. The Kier molecular flexibility index (Phi) is 8.19. The van der Waals surface area contributed by atoms with E-state index in [-0.39, 0.29) is 17.4 Å². The maximum atomic E-state index is 13.0. The highest BCUT2D eigenvalue weighted by Gasteiger charge is 2.36. The Morgan fingerprint density at radius 3 is 2.55 bits per heavy atom. The van der Waals surface area contributed by atoms with E-state index in [0.29, 0.717) is 31.7 Å². The molecular formula is C26H37N5O2. The molecule has 0 aliphatic carbocycles. The molecule has 1 N–H and O–H groups in total. The molecule has 1 aliphatic heterocycles. The van der Waals surface area contributed by atoms with Crippen LogP contribution in [-0.2, 0) is 15.1 Å². The fraction of sp³-hybridized carbons (Fsp3) is 0.538. The predicted molar refractivity (Wildman–Crippen MR) is 131 cm³/mol. The van der Waals surface area contributed by atoms with E-state index in [1.54, 1.807) is 12.3 Å². The first kappa shape index (κ1) is 24.8. The summed E-state index contributed by atoms with van der Waals surface area (Å²) in [7, 11) is 4.28. The Labute approximate surface area is 197 Å². The second kappa shape index (κ2) is 10.9. The number of benzene rings is 1. The highest BCUT2D eigenvalue weighted by atomic mass is 16.2. The molecule has 178 valence electrons. The summed E-state index contributed by atoms with van der Waals surface area (Å²) in [5.41, 5.74) is 0.633. The minimum atomic E-state index is -0.624. The lowest BCUT2D eigenvalue weighted by atomic mass is 9.80. The van der Waals surface area contributed by atoms with Gasteiger partial charge in [0.1, 0.15) is 12.1 Å². The molecule has 1 aliphatic rings. The van der Waals surface area contributed by atoms with Crippen LogP contribution in [0.3, 0.4) is 0 Å². The van der Waals surface area contributed by atoms with Gasteiger partial charge >= 0.3 is 0 Å². The quantitative estimate of drug-likeness (QED) is 0.686. The number of anilines is 1. The van der Waals surface area contributed by atoms with Crippen molar-refractivity contribution in [2.24, 2.45) is 5.41 Å². The number of carbonyl (C=O) groups excluding carboxylic acids is 2. The summed E-state index contributed by atoms with van der Waals surface area (Å²) in [6, 6.07) is 12.3. The van der Waals surface area contributed by atoms with Crippen LogP contribution in [0.25, 0.3) is 0 Å². The summed E-state index contributed by atoms with van der Waals surface area (Å²) in [6.45, 7) is 5.11. The molecular weight excluding hydrogens is 414 g/mol. The van der Waals surface area contributed by atoms with Gasteiger partial charge < -0.3 is 10.2 Å². The van der Waals surface area contributed by atoms with Crippen molar-refractivity contribution in [3.8, 4) is 0 Å². The van der Waals surface area contributed by atoms with Crippen molar-refractivity contribution in [2.75, 3.05) is 32.5 Å². The largest absolute Gasteiger partial charge is 0.343 e. The SMILES string of the molecule is CN(C)[C@@]1(c2ccccc2)CCCC(=O)N(CCC(C)(C)C(=O)Nc2ccncn2)CCC1. The van der Waals surface area contributed by atoms with Crippen LogP contribution in [0.1, 0.15) is 57.9 Å². The number of carbonyl (C=O) groups is 2. The number of amides is 2. The summed E-state index contributed by atoms with van der Waals surface area (Å²) < 4.78 is 0. The van der Waals surface area contributed by atoms with Crippen LogP contribution < -0.4 is 5.32 Å². The normalized spacial score (nSPS) is 20.2. The smallest absolute Gasteiger partial charge is 0.231 e. The predicted octanol–water partition coefficient (Wildman–Crippen LogP) is 4.08. The molecule has 7 heteroatoms. The molecule has 3 rings (SSSR count). The third-order valence-corrected chi connectivity index (χ3v) is 6.96. The summed E-state index contributed by atoms with van der Waals surface area (Å²) in [5, 5.41) is 2.86. The summed E-state index contributed by atoms with van der Waals surface area (Å²) in [6.07, 6.45) is 7.85. The average Bonchev–Trinajstić information content (AvgIpc) is 2.88. The number of aromatic nitrogens is 2. The highest BCUT2D eigenvalue weighted by Crippen LogP contribution is 2.38. The topological polar surface area (TPSA) is 78.4 Å². The minimum Gasteiger partial charge on any atom is -0.343 e. The Hall–Kier alpha value is -2.80. The van der Waals surface area contributed by atoms with Gasteiger partial charge in [-0.25, -0.2) is 9.97 Å². The standard InChI is InChI=1S/C26H37N5O2/c1-25(2,24(33)29-22-13-17-27-20-28-22)16-19-31-18-9-15-26(30(3)4,14-8-12-23(31)32)21-10-6-5-7-11-21/h5-7,10-11,13,17,20H,8-9,12,14-16,18-19H2,1-4H3,(H,27,28,29,33)/t26-/m0/s1. The lowest BCUT2D eigenvalue weighted by molar-refractivity contribution is -0.133. The van der Waals surface area contributed by atoms with Crippen LogP contribution in [0.5, 0.6) is 0 Å². The first-order valence-electron chi connectivity index (χ1n) is 11.8. The van der Waals surface area contributed by atoms with Gasteiger partial charge in [-0.2, -0.15) is 0 Å². The van der Waals surface area contributed by atoms with Gasteiger partial charge in [-0.3, -0.25) is 14.5 Å². The number of hydrogen-bond donors (Lipinski definition) is 1. The van der Waals surface area contributed by atoms with Gasteiger partial charge in [0.25, 0.3) is 0 Å². The molecule has 0 saturated carbocycles. The number of nitrogens with zero attached hydrogens (tertiary/aromatic N) is 4. The van der Waals surface area contributed by atoms with Gasteiger partial charge in [-0.1, -0.05) is 44.2 Å². The van der Waals surface area contributed by atoms with Crippen molar-refractivity contribution in [3.05, 3.63) is 54.5 Å². The molecule has 1 saturated heterocycles. The zero-order valence-corrected chi connectivity index (χ0v) is 20.4. The summed E-state index contributed by atoms with van der Waals surface area (Å²) >= 11 is 0.